The van der Waals surface area contributed by atoms with E-state index < -0.39 is 6.09 Å². The van der Waals surface area contributed by atoms with E-state index in [9.17, 15) is 14.4 Å². The molecule has 1 aliphatic rings. The second-order valence-corrected chi connectivity index (χ2v) is 8.55. The van der Waals surface area contributed by atoms with Crippen LogP contribution in [0, 0.1) is 0 Å². The van der Waals surface area contributed by atoms with Gasteiger partial charge in [-0.05, 0) is 42.8 Å². The van der Waals surface area contributed by atoms with Crippen molar-refractivity contribution in [3.63, 3.8) is 0 Å². The van der Waals surface area contributed by atoms with Gasteiger partial charge < -0.3 is 14.8 Å². The summed E-state index contributed by atoms with van der Waals surface area (Å²) in [6.07, 6.45) is -0.536. The first-order chi connectivity index (χ1) is 18.0. The van der Waals surface area contributed by atoms with Crippen LogP contribution in [0.4, 0.5) is 10.5 Å². The number of morpholine rings is 1. The van der Waals surface area contributed by atoms with Crippen LogP contribution in [0.3, 0.4) is 0 Å². The van der Waals surface area contributed by atoms with Crippen LogP contribution in [0.1, 0.15) is 22.8 Å². The van der Waals surface area contributed by atoms with E-state index in [1.807, 2.05) is 18.2 Å². The minimum Gasteiger partial charge on any atom is -0.450 e. The molecule has 0 bridgehead atoms. The molecule has 10 heteroatoms. The fourth-order valence-electron chi connectivity index (χ4n) is 3.97. The fourth-order valence-corrected chi connectivity index (χ4v) is 3.97. The molecule has 10 nitrogen and oxygen atoms in total. The van der Waals surface area contributed by atoms with Gasteiger partial charge >= 0.3 is 6.09 Å². The lowest BCUT2D eigenvalue weighted by Crippen LogP contribution is -2.41. The monoisotopic (exact) mass is 505 g/mol. The van der Waals surface area contributed by atoms with Crippen molar-refractivity contribution in [2.75, 3.05) is 51.3 Å². The third-order valence-corrected chi connectivity index (χ3v) is 5.91. The predicted molar refractivity (Wildman–Crippen MR) is 140 cm³/mol. The van der Waals surface area contributed by atoms with Crippen molar-refractivity contribution in [1.82, 2.24) is 20.0 Å². The number of benzene rings is 2. The first-order valence-electron chi connectivity index (χ1n) is 12.3. The number of hydrogen-bond donors (Lipinski definition) is 2. The van der Waals surface area contributed by atoms with Crippen molar-refractivity contribution in [1.29, 1.82) is 0 Å². The smallest absolute Gasteiger partial charge is 0.411 e. The molecule has 1 aromatic heterocycles. The zero-order valence-electron chi connectivity index (χ0n) is 20.8. The molecule has 1 saturated heterocycles. The van der Waals surface area contributed by atoms with Gasteiger partial charge in [-0.2, -0.15) is 5.10 Å². The Hall–Kier alpha value is -4.02. The molecule has 1 fully saturated rings. The maximum atomic E-state index is 12.5. The zero-order chi connectivity index (χ0) is 26.0. The van der Waals surface area contributed by atoms with Crippen LogP contribution in [0.2, 0.25) is 0 Å². The van der Waals surface area contributed by atoms with Crippen molar-refractivity contribution >= 4 is 17.7 Å². The number of carbonyl (C=O) groups is 2. The van der Waals surface area contributed by atoms with Gasteiger partial charge in [-0.15, -0.1) is 0 Å². The molecule has 0 atom stereocenters. The van der Waals surface area contributed by atoms with E-state index in [-0.39, 0.29) is 24.6 Å². The summed E-state index contributed by atoms with van der Waals surface area (Å²) in [5, 5.41) is 10.1. The minimum atomic E-state index is -0.536. The van der Waals surface area contributed by atoms with Crippen molar-refractivity contribution in [3.05, 3.63) is 82.1 Å². The van der Waals surface area contributed by atoms with Gasteiger partial charge in [0.05, 0.1) is 32.1 Å². The summed E-state index contributed by atoms with van der Waals surface area (Å²) in [5.41, 5.74) is 3.08. The second kappa shape index (κ2) is 12.8. The van der Waals surface area contributed by atoms with Crippen LogP contribution in [0.5, 0.6) is 0 Å². The SMILES string of the molecule is CCOC(=O)Nc1cccc(Cn2nc(-c3ccc(C(=O)NCCN4CCOCC4)cc3)ccc2=O)c1. The van der Waals surface area contributed by atoms with E-state index in [1.165, 1.54) is 10.7 Å². The summed E-state index contributed by atoms with van der Waals surface area (Å²) in [6, 6.07) is 17.4. The van der Waals surface area contributed by atoms with Gasteiger partial charge in [-0.25, -0.2) is 9.48 Å². The van der Waals surface area contributed by atoms with E-state index in [0.717, 1.165) is 44.0 Å². The Balaban J connectivity index is 1.39. The van der Waals surface area contributed by atoms with Crippen molar-refractivity contribution < 1.29 is 19.1 Å². The van der Waals surface area contributed by atoms with Gasteiger partial charge in [0.1, 0.15) is 0 Å². The largest absolute Gasteiger partial charge is 0.450 e. The first kappa shape index (κ1) is 26.1. The van der Waals surface area contributed by atoms with Crippen LogP contribution < -0.4 is 16.2 Å². The molecule has 4 rings (SSSR count). The molecule has 0 radical (unpaired) electrons. The van der Waals surface area contributed by atoms with Crippen LogP contribution in [0.25, 0.3) is 11.3 Å². The van der Waals surface area contributed by atoms with E-state index in [2.05, 4.69) is 20.6 Å². The second-order valence-electron chi connectivity index (χ2n) is 8.55. The highest BCUT2D eigenvalue weighted by Crippen LogP contribution is 2.17. The number of amides is 2. The summed E-state index contributed by atoms with van der Waals surface area (Å²) in [7, 11) is 0. The minimum absolute atomic E-state index is 0.131. The summed E-state index contributed by atoms with van der Waals surface area (Å²) in [5.74, 6) is -0.131. The molecular weight excluding hydrogens is 474 g/mol. The molecule has 2 N–H and O–H groups in total. The summed E-state index contributed by atoms with van der Waals surface area (Å²) in [4.78, 5) is 38.9. The van der Waals surface area contributed by atoms with E-state index >= 15 is 0 Å². The summed E-state index contributed by atoms with van der Waals surface area (Å²) < 4.78 is 11.6. The molecule has 0 saturated carbocycles. The number of nitrogens with one attached hydrogen (secondary N) is 2. The van der Waals surface area contributed by atoms with Crippen molar-refractivity contribution in [3.8, 4) is 11.3 Å². The van der Waals surface area contributed by atoms with Crippen LogP contribution in [-0.2, 0) is 16.0 Å². The van der Waals surface area contributed by atoms with E-state index in [4.69, 9.17) is 9.47 Å². The Morgan fingerprint density at radius 3 is 2.59 bits per heavy atom. The fraction of sp³-hybridized carbons (Fsp3) is 0.333. The van der Waals surface area contributed by atoms with Gasteiger partial charge in [0.25, 0.3) is 11.5 Å². The maximum Gasteiger partial charge on any atom is 0.411 e. The molecule has 2 aromatic carbocycles. The first-order valence-corrected chi connectivity index (χ1v) is 12.3. The van der Waals surface area contributed by atoms with Crippen LogP contribution in [0.15, 0.2) is 65.5 Å². The third kappa shape index (κ3) is 7.48. The molecule has 0 unspecified atom stereocenters. The lowest BCUT2D eigenvalue weighted by atomic mass is 10.1. The predicted octanol–water partition coefficient (Wildman–Crippen LogP) is 2.59. The molecule has 3 aromatic rings. The Kier molecular flexibility index (Phi) is 9.01. The lowest BCUT2D eigenvalue weighted by molar-refractivity contribution is 0.0383. The maximum absolute atomic E-state index is 12.5. The van der Waals surface area contributed by atoms with Gasteiger partial charge in [0.2, 0.25) is 0 Å². The van der Waals surface area contributed by atoms with Crippen molar-refractivity contribution in [2.45, 2.75) is 13.5 Å². The highest BCUT2D eigenvalue weighted by atomic mass is 16.5. The lowest BCUT2D eigenvalue weighted by Gasteiger charge is -2.26. The van der Waals surface area contributed by atoms with E-state index in [0.29, 0.717) is 23.5 Å². The van der Waals surface area contributed by atoms with Gasteiger partial charge in [-0.1, -0.05) is 24.3 Å². The number of nitrogens with zero attached hydrogens (tertiary/aromatic N) is 3. The quantitative estimate of drug-likeness (QED) is 0.459. The molecular formula is C27H31N5O5. The average Bonchev–Trinajstić information content (AvgIpc) is 2.91. The Labute approximate surface area is 215 Å². The number of carbonyl (C=O) groups excluding carboxylic acids is 2. The number of rotatable bonds is 9. The van der Waals surface area contributed by atoms with Gasteiger partial charge in [0, 0.05) is 49.1 Å². The number of aromatic nitrogens is 2. The zero-order valence-corrected chi connectivity index (χ0v) is 20.8. The normalized spacial score (nSPS) is 13.6. The number of anilines is 1. The molecule has 37 heavy (non-hydrogen) atoms. The Morgan fingerprint density at radius 2 is 1.84 bits per heavy atom. The summed E-state index contributed by atoms with van der Waals surface area (Å²) in [6.45, 7) is 6.84. The van der Waals surface area contributed by atoms with Crippen LogP contribution >= 0.6 is 0 Å². The molecule has 0 aliphatic carbocycles. The Bertz CT molecular complexity index is 1270. The third-order valence-electron chi connectivity index (χ3n) is 5.91. The average molecular weight is 506 g/mol. The topological polar surface area (TPSA) is 115 Å². The highest BCUT2D eigenvalue weighted by Gasteiger charge is 2.12. The van der Waals surface area contributed by atoms with Crippen molar-refractivity contribution in [2.24, 2.45) is 0 Å². The molecule has 1 aliphatic heterocycles. The molecule has 0 spiro atoms. The highest BCUT2D eigenvalue weighted by molar-refractivity contribution is 5.94. The number of ether oxygens (including phenoxy) is 2. The summed E-state index contributed by atoms with van der Waals surface area (Å²) >= 11 is 0. The molecule has 194 valence electrons. The van der Waals surface area contributed by atoms with E-state index in [1.54, 1.807) is 43.3 Å². The Morgan fingerprint density at radius 1 is 1.05 bits per heavy atom. The van der Waals surface area contributed by atoms with Crippen LogP contribution in [-0.4, -0.2) is 72.7 Å². The van der Waals surface area contributed by atoms with Gasteiger partial charge in [-0.3, -0.25) is 19.8 Å². The molecule has 2 heterocycles. The standard InChI is InChI=1S/C27H31N5O5/c1-2-37-27(35)29-23-5-3-4-20(18-23)19-32-25(33)11-10-24(30-32)21-6-8-22(9-7-21)26(34)28-12-13-31-14-16-36-17-15-31/h3-11,18H,2,12-17,19H2,1H3,(H,28,34)(H,29,35). The molecule has 2 amide bonds. The number of hydrogen-bond acceptors (Lipinski definition) is 7. The van der Waals surface area contributed by atoms with Gasteiger partial charge in [0.15, 0.2) is 0 Å².